The average Bonchev–Trinajstić information content (AvgIpc) is 3.89. The van der Waals surface area contributed by atoms with Gasteiger partial charge in [0.25, 0.3) is 5.01 Å². The van der Waals surface area contributed by atoms with Crippen molar-refractivity contribution in [3.8, 4) is 0 Å². The SMILES string of the molecule is O=S(O)CC[n+]1c(/C=C/c2ccc3c(c2)C2CCCC2N3c2ccc(C=C(c3ccccc3)c3ccccc3)cc2)sc2c3ccccc3ccc21. The van der Waals surface area contributed by atoms with Gasteiger partial charge in [-0.05, 0) is 94.1 Å². The van der Waals surface area contributed by atoms with E-state index in [2.05, 4.69) is 167 Å². The fourth-order valence-electron chi connectivity index (χ4n) is 8.30. The van der Waals surface area contributed by atoms with Gasteiger partial charge in [-0.25, -0.2) is 4.21 Å². The summed E-state index contributed by atoms with van der Waals surface area (Å²) in [6.07, 6.45) is 10.3. The minimum atomic E-state index is -1.86. The van der Waals surface area contributed by atoms with E-state index in [0.717, 1.165) is 10.5 Å². The monoisotopic (exact) mass is 715 g/mol. The first kappa shape index (κ1) is 32.7. The van der Waals surface area contributed by atoms with Gasteiger partial charge in [0.1, 0.15) is 10.5 Å². The largest absolute Gasteiger partial charge is 0.338 e. The van der Waals surface area contributed by atoms with E-state index >= 15 is 0 Å². The van der Waals surface area contributed by atoms with Gasteiger partial charge in [0.15, 0.2) is 17.6 Å². The van der Waals surface area contributed by atoms with Crippen molar-refractivity contribution in [1.82, 2.24) is 0 Å². The predicted octanol–water partition coefficient (Wildman–Crippen LogP) is 11.1. The van der Waals surface area contributed by atoms with Crippen LogP contribution in [0.5, 0.6) is 0 Å². The van der Waals surface area contributed by atoms with Gasteiger partial charge in [-0.2, -0.15) is 4.57 Å². The third kappa shape index (κ3) is 6.21. The number of rotatable bonds is 9. The second kappa shape index (κ2) is 14.1. The number of aryl methyl sites for hydroxylation is 1. The highest BCUT2D eigenvalue weighted by molar-refractivity contribution is 7.79. The topological polar surface area (TPSA) is 44.4 Å². The normalized spacial score (nSPS) is 17.1. The second-order valence-corrected chi connectivity index (χ2v) is 15.8. The lowest BCUT2D eigenvalue weighted by Gasteiger charge is -2.27. The summed E-state index contributed by atoms with van der Waals surface area (Å²) in [6, 6.07) is 50.5. The maximum atomic E-state index is 11.7. The van der Waals surface area contributed by atoms with Crippen LogP contribution in [0.15, 0.2) is 140 Å². The zero-order valence-electron chi connectivity index (χ0n) is 28.8. The molecule has 1 saturated carbocycles. The molecule has 6 heteroatoms. The van der Waals surface area contributed by atoms with Gasteiger partial charge in [-0.3, -0.25) is 0 Å². The number of benzene rings is 6. The van der Waals surface area contributed by atoms with Crippen LogP contribution in [-0.2, 0) is 17.6 Å². The minimum Gasteiger partial charge on any atom is -0.338 e. The first-order valence-corrected chi connectivity index (χ1v) is 20.2. The van der Waals surface area contributed by atoms with Gasteiger partial charge >= 0.3 is 0 Å². The second-order valence-electron chi connectivity index (χ2n) is 13.8. The van der Waals surface area contributed by atoms with Gasteiger partial charge in [-0.15, -0.1) is 0 Å². The fourth-order valence-corrected chi connectivity index (χ4v) is 9.86. The first-order valence-electron chi connectivity index (χ1n) is 18.1. The van der Waals surface area contributed by atoms with E-state index in [0.29, 0.717) is 18.5 Å². The van der Waals surface area contributed by atoms with Crippen LogP contribution in [0.25, 0.3) is 44.8 Å². The average molecular weight is 716 g/mol. The highest BCUT2D eigenvalue weighted by atomic mass is 32.2. The molecule has 0 spiro atoms. The van der Waals surface area contributed by atoms with Gasteiger partial charge in [0.05, 0.1) is 0 Å². The summed E-state index contributed by atoms with van der Waals surface area (Å²) >= 11 is -0.111. The molecular weight excluding hydrogens is 677 g/mol. The molecule has 6 aromatic carbocycles. The molecule has 1 aromatic heterocycles. The Bertz CT molecular complexity index is 2450. The van der Waals surface area contributed by atoms with E-state index in [1.165, 1.54) is 79.5 Å². The van der Waals surface area contributed by atoms with Gasteiger partial charge in [-0.1, -0.05) is 121 Å². The van der Waals surface area contributed by atoms with E-state index in [-0.39, 0.29) is 5.75 Å². The molecule has 1 aliphatic carbocycles. The molecule has 9 rings (SSSR count). The van der Waals surface area contributed by atoms with Gasteiger partial charge < -0.3 is 9.45 Å². The van der Waals surface area contributed by atoms with Crippen LogP contribution >= 0.6 is 11.3 Å². The lowest BCUT2D eigenvalue weighted by Crippen LogP contribution is -2.37. The van der Waals surface area contributed by atoms with Crippen molar-refractivity contribution in [1.29, 1.82) is 0 Å². The number of fused-ring (bicyclic) bond motifs is 6. The highest BCUT2D eigenvalue weighted by Crippen LogP contribution is 2.52. The van der Waals surface area contributed by atoms with E-state index in [1.54, 1.807) is 11.3 Å². The van der Waals surface area contributed by atoms with Crippen molar-refractivity contribution in [2.45, 2.75) is 37.8 Å². The van der Waals surface area contributed by atoms with Crippen molar-refractivity contribution in [2.75, 3.05) is 10.7 Å². The van der Waals surface area contributed by atoms with Crippen LogP contribution in [0.2, 0.25) is 0 Å². The molecule has 1 aliphatic heterocycles. The Morgan fingerprint density at radius 3 is 2.25 bits per heavy atom. The van der Waals surface area contributed by atoms with Crippen LogP contribution < -0.4 is 9.47 Å². The number of hydrogen-bond acceptors (Lipinski definition) is 3. The van der Waals surface area contributed by atoms with Crippen molar-refractivity contribution >= 4 is 78.6 Å². The Morgan fingerprint density at radius 2 is 1.50 bits per heavy atom. The zero-order chi connectivity index (χ0) is 35.0. The third-order valence-electron chi connectivity index (χ3n) is 10.7. The van der Waals surface area contributed by atoms with Crippen LogP contribution in [-0.4, -0.2) is 20.6 Å². The van der Waals surface area contributed by atoms with Crippen LogP contribution in [0.3, 0.4) is 0 Å². The number of anilines is 2. The summed E-state index contributed by atoms with van der Waals surface area (Å²) in [5.74, 6) is 0.714. The Kier molecular flexibility index (Phi) is 8.89. The van der Waals surface area contributed by atoms with E-state index < -0.39 is 11.1 Å². The number of aromatic nitrogens is 1. The molecule has 1 fully saturated rings. The van der Waals surface area contributed by atoms with Gasteiger partial charge in [0, 0.05) is 40.9 Å². The predicted molar refractivity (Wildman–Crippen MR) is 219 cm³/mol. The van der Waals surface area contributed by atoms with E-state index in [9.17, 15) is 8.76 Å². The maximum Gasteiger partial charge on any atom is 0.262 e. The number of nitrogens with zero attached hydrogens (tertiary/aromatic N) is 2. The molecule has 256 valence electrons. The molecule has 2 heterocycles. The molecule has 52 heavy (non-hydrogen) atoms. The summed E-state index contributed by atoms with van der Waals surface area (Å²) in [5, 5.41) is 3.49. The Hall–Kier alpha value is -5.14. The summed E-state index contributed by atoms with van der Waals surface area (Å²) in [4.78, 5) is 2.59. The zero-order valence-corrected chi connectivity index (χ0v) is 30.4. The van der Waals surface area contributed by atoms with Crippen molar-refractivity contribution in [3.05, 3.63) is 172 Å². The van der Waals surface area contributed by atoms with Crippen molar-refractivity contribution < 1.29 is 13.3 Å². The summed E-state index contributed by atoms with van der Waals surface area (Å²) in [6.45, 7) is 0.485. The Labute approximate surface area is 311 Å². The standard InChI is InChI=1S/C46H38N2O2S2/c49-52(50)29-28-47-44-26-22-36-14-7-8-15-38(36)46(44)51-45(47)27-21-33-20-25-43-41(31-33)39-16-9-17-42(39)48(43)37-23-18-32(19-24-37)30-40(34-10-3-1-4-11-34)35-12-5-2-6-13-35/h1-8,10-15,18-27,30-31,39,42H,9,16-17,28-29H2/p+1. The molecule has 2 aliphatic rings. The number of thiazole rings is 1. The Morgan fingerprint density at radius 1 is 0.788 bits per heavy atom. The van der Waals surface area contributed by atoms with Gasteiger partial charge in [0.2, 0.25) is 5.52 Å². The fraction of sp³-hybridized carbons (Fsp3) is 0.152. The number of hydrogen-bond donors (Lipinski definition) is 1. The van der Waals surface area contributed by atoms with Crippen LogP contribution in [0.4, 0.5) is 11.4 Å². The molecule has 1 N–H and O–H groups in total. The quantitative estimate of drug-likeness (QED) is 0.0919. The molecule has 0 saturated heterocycles. The molecule has 7 aromatic rings. The molecular formula is C46H39N2O2S2+. The summed E-state index contributed by atoms with van der Waals surface area (Å²) < 4.78 is 24.7. The third-order valence-corrected chi connectivity index (χ3v) is 12.4. The molecule has 0 radical (unpaired) electrons. The molecule has 3 unspecified atom stereocenters. The molecule has 0 bridgehead atoms. The smallest absolute Gasteiger partial charge is 0.262 e. The Balaban J connectivity index is 1.03. The first-order chi connectivity index (χ1) is 25.6. The van der Waals surface area contributed by atoms with Crippen LogP contribution in [0, 0.1) is 0 Å². The molecule has 0 amide bonds. The lowest BCUT2D eigenvalue weighted by atomic mass is 9.95. The van der Waals surface area contributed by atoms with Crippen molar-refractivity contribution in [2.24, 2.45) is 0 Å². The van der Waals surface area contributed by atoms with E-state index in [4.69, 9.17) is 0 Å². The maximum absolute atomic E-state index is 11.7. The van der Waals surface area contributed by atoms with E-state index in [1.807, 2.05) is 0 Å². The van der Waals surface area contributed by atoms with Crippen molar-refractivity contribution in [3.63, 3.8) is 0 Å². The summed E-state index contributed by atoms with van der Waals surface area (Å²) in [7, 11) is 0. The van der Waals surface area contributed by atoms with Crippen LogP contribution in [0.1, 0.15) is 58.0 Å². The molecule has 4 nitrogen and oxygen atoms in total. The highest BCUT2D eigenvalue weighted by Gasteiger charge is 2.42. The molecule has 3 atom stereocenters. The lowest BCUT2D eigenvalue weighted by molar-refractivity contribution is -0.664. The minimum absolute atomic E-state index is 0.195. The summed E-state index contributed by atoms with van der Waals surface area (Å²) in [5.41, 5.74) is 11.1.